The highest BCUT2D eigenvalue weighted by Crippen LogP contribution is 2.29. The Kier molecular flexibility index (Phi) is 5.31. The monoisotopic (exact) mass is 323 g/mol. The van der Waals surface area contributed by atoms with Crippen LogP contribution in [0.4, 0.5) is 13.2 Å². The molecule has 9 heteroatoms. The third-order valence-corrected chi connectivity index (χ3v) is 2.66. The Morgan fingerprint density at radius 1 is 1.19 bits per heavy atom. The van der Waals surface area contributed by atoms with Crippen molar-refractivity contribution in [1.82, 2.24) is 5.32 Å². The van der Waals surface area contributed by atoms with E-state index in [4.69, 9.17) is 11.6 Å². The lowest BCUT2D eigenvalue weighted by Gasteiger charge is -2.11. The third kappa shape index (κ3) is 4.45. The molecule has 1 N–H and O–H groups in total. The van der Waals surface area contributed by atoms with Gasteiger partial charge in [-0.25, -0.2) is 4.79 Å². The van der Waals surface area contributed by atoms with E-state index in [0.29, 0.717) is 12.1 Å². The van der Waals surface area contributed by atoms with Gasteiger partial charge in [0.15, 0.2) is 11.3 Å². The summed E-state index contributed by atoms with van der Waals surface area (Å²) in [5.74, 6) is -3.35. The molecule has 1 amide bonds. The van der Waals surface area contributed by atoms with Gasteiger partial charge in [-0.1, -0.05) is 23.7 Å². The van der Waals surface area contributed by atoms with E-state index in [-0.39, 0.29) is 5.56 Å². The van der Waals surface area contributed by atoms with E-state index in [2.05, 4.69) is 4.74 Å². The second kappa shape index (κ2) is 6.57. The second-order valence-corrected chi connectivity index (χ2v) is 4.20. The number of amides is 1. The number of Topliss-reactive ketones (excluding diaryl/α,β-unsaturated/α-hetero) is 1. The highest BCUT2D eigenvalue weighted by molar-refractivity contribution is 6.39. The molecule has 0 aliphatic heterocycles. The van der Waals surface area contributed by atoms with Crippen molar-refractivity contribution >= 4 is 29.3 Å². The molecule has 0 radical (unpaired) electrons. The van der Waals surface area contributed by atoms with E-state index in [0.717, 1.165) is 19.2 Å². The number of esters is 1. The summed E-state index contributed by atoms with van der Waals surface area (Å²) in [5, 5.41) is 1.85. The molecule has 0 fully saturated rings. The number of ketones is 1. The van der Waals surface area contributed by atoms with Crippen LogP contribution < -0.4 is 5.32 Å². The van der Waals surface area contributed by atoms with Crippen molar-refractivity contribution in [3.63, 3.8) is 0 Å². The van der Waals surface area contributed by atoms with Crippen molar-refractivity contribution < 1.29 is 32.3 Å². The van der Waals surface area contributed by atoms with E-state index < -0.39 is 34.9 Å². The zero-order valence-corrected chi connectivity index (χ0v) is 11.3. The number of carbonyl (C=O) groups excluding carboxylic acids is 3. The number of methoxy groups -OCH3 is 1. The zero-order valence-electron chi connectivity index (χ0n) is 10.5. The molecule has 0 aromatic heterocycles. The summed E-state index contributed by atoms with van der Waals surface area (Å²) >= 11 is 5.58. The third-order valence-electron chi connectivity index (χ3n) is 2.36. The van der Waals surface area contributed by atoms with E-state index in [9.17, 15) is 27.6 Å². The first kappa shape index (κ1) is 17.0. The minimum absolute atomic E-state index is 0.145. The van der Waals surface area contributed by atoms with Gasteiger partial charge >= 0.3 is 18.1 Å². The van der Waals surface area contributed by atoms with E-state index in [1.165, 1.54) is 0 Å². The maximum Gasteiger partial charge on any atom is 0.416 e. The number of nitrogens with one attached hydrogen (secondary N) is 1. The van der Waals surface area contributed by atoms with Gasteiger partial charge in [0.2, 0.25) is 0 Å². The van der Waals surface area contributed by atoms with Crippen molar-refractivity contribution in [2.24, 2.45) is 0 Å². The first-order valence-electron chi connectivity index (χ1n) is 5.41. The van der Waals surface area contributed by atoms with Crippen molar-refractivity contribution in [1.29, 1.82) is 0 Å². The SMILES string of the molecule is COC(=O)C(=O)NC(Cl)C(=O)c1ccc(C(F)(F)F)cc1. The average Bonchev–Trinajstić information content (AvgIpc) is 2.44. The molecule has 114 valence electrons. The Labute approximate surface area is 122 Å². The summed E-state index contributed by atoms with van der Waals surface area (Å²) in [6, 6.07) is 3.26. The molecule has 1 aromatic carbocycles. The van der Waals surface area contributed by atoms with Crippen LogP contribution in [0.2, 0.25) is 0 Å². The number of hydrogen-bond donors (Lipinski definition) is 1. The van der Waals surface area contributed by atoms with E-state index in [1.54, 1.807) is 0 Å². The number of hydrogen-bond acceptors (Lipinski definition) is 4. The van der Waals surface area contributed by atoms with Gasteiger partial charge in [0.1, 0.15) is 0 Å². The lowest BCUT2D eigenvalue weighted by atomic mass is 10.1. The fourth-order valence-corrected chi connectivity index (χ4v) is 1.53. The molecular formula is C12H9ClF3NO4. The first-order valence-corrected chi connectivity index (χ1v) is 5.85. The van der Waals surface area contributed by atoms with Gasteiger partial charge in [-0.05, 0) is 12.1 Å². The van der Waals surface area contributed by atoms with Crippen LogP contribution in [-0.2, 0) is 20.5 Å². The number of alkyl halides is 4. The summed E-state index contributed by atoms with van der Waals surface area (Å²) in [4.78, 5) is 33.7. The largest absolute Gasteiger partial charge is 0.462 e. The fraction of sp³-hybridized carbons (Fsp3) is 0.250. The Bertz CT molecular complexity index is 557. The van der Waals surface area contributed by atoms with Crippen LogP contribution in [0.3, 0.4) is 0 Å². The van der Waals surface area contributed by atoms with Gasteiger partial charge in [0, 0.05) is 5.56 Å². The number of halogens is 4. The average molecular weight is 324 g/mol. The van der Waals surface area contributed by atoms with Crippen LogP contribution in [0, 0.1) is 0 Å². The Morgan fingerprint density at radius 3 is 2.14 bits per heavy atom. The molecule has 21 heavy (non-hydrogen) atoms. The first-order chi connectivity index (χ1) is 9.66. The van der Waals surface area contributed by atoms with E-state index >= 15 is 0 Å². The molecule has 0 saturated carbocycles. The van der Waals surface area contributed by atoms with Gasteiger partial charge in [-0.2, -0.15) is 13.2 Å². The minimum atomic E-state index is -4.53. The summed E-state index contributed by atoms with van der Waals surface area (Å²) in [6.07, 6.45) is -4.53. The van der Waals surface area contributed by atoms with Crippen LogP contribution in [0.25, 0.3) is 0 Å². The predicted molar refractivity (Wildman–Crippen MR) is 65.6 cm³/mol. The summed E-state index contributed by atoms with van der Waals surface area (Å²) in [7, 11) is 0.961. The Morgan fingerprint density at radius 2 is 1.71 bits per heavy atom. The van der Waals surface area contributed by atoms with Crippen molar-refractivity contribution in [2.45, 2.75) is 11.7 Å². The van der Waals surface area contributed by atoms with Crippen molar-refractivity contribution in [2.75, 3.05) is 7.11 Å². The molecule has 0 saturated heterocycles. The molecule has 1 unspecified atom stereocenters. The topological polar surface area (TPSA) is 72.5 Å². The fourth-order valence-electron chi connectivity index (χ4n) is 1.30. The molecular weight excluding hydrogens is 315 g/mol. The normalized spacial score (nSPS) is 12.4. The molecule has 0 spiro atoms. The minimum Gasteiger partial charge on any atom is -0.462 e. The summed E-state index contributed by atoms with van der Waals surface area (Å²) in [6.45, 7) is 0. The molecule has 0 aliphatic carbocycles. The summed E-state index contributed by atoms with van der Waals surface area (Å²) < 4.78 is 41.2. The Hall–Kier alpha value is -2.09. The molecule has 1 rings (SSSR count). The molecule has 0 aliphatic rings. The molecule has 1 aromatic rings. The predicted octanol–water partition coefficient (Wildman–Crippen LogP) is 1.74. The lowest BCUT2D eigenvalue weighted by Crippen LogP contribution is -2.41. The Balaban J connectivity index is 2.79. The maximum atomic E-state index is 12.4. The van der Waals surface area contributed by atoms with Crippen molar-refractivity contribution in [3.05, 3.63) is 35.4 Å². The van der Waals surface area contributed by atoms with Crippen LogP contribution in [0.15, 0.2) is 24.3 Å². The highest BCUT2D eigenvalue weighted by atomic mass is 35.5. The van der Waals surface area contributed by atoms with Crippen LogP contribution in [0.5, 0.6) is 0 Å². The zero-order chi connectivity index (χ0) is 16.2. The number of ether oxygens (including phenoxy) is 1. The highest BCUT2D eigenvalue weighted by Gasteiger charge is 2.31. The van der Waals surface area contributed by atoms with Crippen molar-refractivity contribution in [3.8, 4) is 0 Å². The molecule has 0 heterocycles. The number of benzene rings is 1. The maximum absolute atomic E-state index is 12.4. The molecule has 0 bridgehead atoms. The molecule has 5 nitrogen and oxygen atoms in total. The van der Waals surface area contributed by atoms with E-state index in [1.807, 2.05) is 5.32 Å². The van der Waals surface area contributed by atoms with Crippen LogP contribution >= 0.6 is 11.6 Å². The molecule has 1 atom stereocenters. The number of carbonyl (C=O) groups is 3. The van der Waals surface area contributed by atoms with Gasteiger partial charge in [0.25, 0.3) is 0 Å². The van der Waals surface area contributed by atoms with Gasteiger partial charge in [-0.15, -0.1) is 0 Å². The van der Waals surface area contributed by atoms with Crippen LogP contribution in [-0.4, -0.2) is 30.3 Å². The smallest absolute Gasteiger partial charge is 0.416 e. The van der Waals surface area contributed by atoms with Gasteiger partial charge < -0.3 is 10.1 Å². The van der Waals surface area contributed by atoms with Crippen LogP contribution in [0.1, 0.15) is 15.9 Å². The number of rotatable bonds is 3. The standard InChI is InChI=1S/C12H9ClF3NO4/c1-21-11(20)10(19)17-9(13)8(18)6-2-4-7(5-3-6)12(14,15)16/h2-5,9H,1H3,(H,17,19). The second-order valence-electron chi connectivity index (χ2n) is 3.77. The van der Waals surface area contributed by atoms with Gasteiger partial charge in [-0.3, -0.25) is 9.59 Å². The summed E-state index contributed by atoms with van der Waals surface area (Å²) in [5.41, 5.74) is -2.68. The quantitative estimate of drug-likeness (QED) is 0.302. The lowest BCUT2D eigenvalue weighted by molar-refractivity contribution is -0.152. The van der Waals surface area contributed by atoms with Gasteiger partial charge in [0.05, 0.1) is 12.7 Å².